The van der Waals surface area contributed by atoms with Crippen LogP contribution in [0.25, 0.3) is 0 Å². The number of amides is 2. The number of alkyl carbamates (subject to hydrolysis) is 1. The Labute approximate surface area is 164 Å². The van der Waals surface area contributed by atoms with E-state index in [0.29, 0.717) is 18.9 Å². The van der Waals surface area contributed by atoms with Crippen molar-refractivity contribution in [2.45, 2.75) is 47.4 Å². The van der Waals surface area contributed by atoms with Crippen LogP contribution in [0.3, 0.4) is 0 Å². The zero-order valence-corrected chi connectivity index (χ0v) is 15.7. The van der Waals surface area contributed by atoms with Crippen LogP contribution in [0.5, 0.6) is 0 Å². The molecule has 1 aliphatic heterocycles. The average molecular weight is 431 g/mol. The van der Waals surface area contributed by atoms with Gasteiger partial charge in [-0.2, -0.15) is 18.4 Å². The van der Waals surface area contributed by atoms with Gasteiger partial charge in [-0.05, 0) is 25.0 Å². The molecular formula is C17H16F3N3O5S. The summed E-state index contributed by atoms with van der Waals surface area (Å²) in [5, 5.41) is 9.92. The summed E-state index contributed by atoms with van der Waals surface area (Å²) in [6.07, 6.45) is -6.41. The Morgan fingerprint density at radius 2 is 2.00 bits per heavy atom. The van der Waals surface area contributed by atoms with Crippen LogP contribution in [0.4, 0.5) is 18.0 Å². The molecule has 156 valence electrons. The van der Waals surface area contributed by atoms with Crippen LogP contribution < -0.4 is 5.32 Å². The number of ether oxygens (including phenoxy) is 1. The minimum absolute atomic E-state index is 0.264. The highest BCUT2D eigenvalue weighted by molar-refractivity contribution is 7.92. The molecule has 0 aromatic heterocycles. The van der Waals surface area contributed by atoms with Gasteiger partial charge in [-0.15, -0.1) is 0 Å². The monoisotopic (exact) mass is 431 g/mol. The standard InChI is InChI=1S/C17H16F3N3O5S/c18-17(19,20)12-3-1-2-4-13(12)29(26,27)11-7-14(23(8-11)10-24)28-15(25)22-16(9-21)5-6-16/h1-4,10-11,14H,5-8H2,(H,22,25)/t11-,14+/m1/s1. The van der Waals surface area contributed by atoms with Gasteiger partial charge in [-0.1, -0.05) is 12.1 Å². The first-order valence-corrected chi connectivity index (χ1v) is 10.1. The van der Waals surface area contributed by atoms with Crippen molar-refractivity contribution in [1.29, 1.82) is 5.26 Å². The Kier molecular flexibility index (Phi) is 5.20. The van der Waals surface area contributed by atoms with Crippen molar-refractivity contribution >= 4 is 22.3 Å². The lowest BCUT2D eigenvalue weighted by Gasteiger charge is -2.20. The van der Waals surface area contributed by atoms with Gasteiger partial charge in [0.15, 0.2) is 16.1 Å². The summed E-state index contributed by atoms with van der Waals surface area (Å²) in [6, 6.07) is 5.68. The van der Waals surface area contributed by atoms with Crippen LogP contribution in [-0.4, -0.2) is 49.4 Å². The zero-order chi connectivity index (χ0) is 21.4. The number of alkyl halides is 3. The molecule has 1 aliphatic carbocycles. The molecule has 2 amide bonds. The van der Waals surface area contributed by atoms with Crippen LogP contribution in [0.1, 0.15) is 24.8 Å². The van der Waals surface area contributed by atoms with E-state index in [4.69, 9.17) is 10.00 Å². The molecule has 29 heavy (non-hydrogen) atoms. The van der Waals surface area contributed by atoms with Crippen molar-refractivity contribution in [1.82, 2.24) is 10.2 Å². The molecule has 2 fully saturated rings. The van der Waals surface area contributed by atoms with Gasteiger partial charge in [0, 0.05) is 13.0 Å². The van der Waals surface area contributed by atoms with E-state index in [1.165, 1.54) is 6.07 Å². The number of sulfone groups is 1. The van der Waals surface area contributed by atoms with Gasteiger partial charge in [0.1, 0.15) is 5.54 Å². The van der Waals surface area contributed by atoms with E-state index in [0.717, 1.165) is 17.0 Å². The first-order valence-electron chi connectivity index (χ1n) is 8.54. The smallest absolute Gasteiger partial charge is 0.417 e. The number of carbonyl (C=O) groups excluding carboxylic acids is 2. The fraction of sp³-hybridized carbons (Fsp3) is 0.471. The second kappa shape index (κ2) is 7.22. The number of halogens is 3. The summed E-state index contributed by atoms with van der Waals surface area (Å²) < 4.78 is 70.4. The van der Waals surface area contributed by atoms with Gasteiger partial charge in [0.2, 0.25) is 6.41 Å². The maximum atomic E-state index is 13.2. The third-order valence-electron chi connectivity index (χ3n) is 4.87. The molecule has 0 bridgehead atoms. The Morgan fingerprint density at radius 3 is 2.55 bits per heavy atom. The number of nitrogens with one attached hydrogen (secondary N) is 1. The number of rotatable bonds is 5. The molecule has 1 N–H and O–H groups in total. The first-order chi connectivity index (χ1) is 13.5. The van der Waals surface area contributed by atoms with E-state index < -0.39 is 56.1 Å². The number of hydrogen-bond donors (Lipinski definition) is 1. The Hall–Kier alpha value is -2.81. The molecule has 12 heteroatoms. The summed E-state index contributed by atoms with van der Waals surface area (Å²) in [5.41, 5.74) is -2.33. The van der Waals surface area contributed by atoms with Gasteiger partial charge in [-0.3, -0.25) is 4.79 Å². The molecule has 1 saturated heterocycles. The summed E-state index contributed by atoms with van der Waals surface area (Å²) >= 11 is 0. The fourth-order valence-electron chi connectivity index (χ4n) is 3.11. The maximum Gasteiger partial charge on any atom is 0.417 e. The molecule has 1 heterocycles. The van der Waals surface area contributed by atoms with Gasteiger partial charge < -0.3 is 15.0 Å². The highest BCUT2D eigenvalue weighted by Crippen LogP contribution is 2.38. The predicted octanol–water partition coefficient (Wildman–Crippen LogP) is 1.82. The van der Waals surface area contributed by atoms with E-state index in [2.05, 4.69) is 5.32 Å². The molecule has 1 aromatic carbocycles. The van der Waals surface area contributed by atoms with E-state index in [1.807, 2.05) is 6.07 Å². The lowest BCUT2D eigenvalue weighted by molar-refractivity contribution is -0.139. The van der Waals surface area contributed by atoms with Gasteiger partial charge in [0.25, 0.3) is 0 Å². The second-order valence-corrected chi connectivity index (χ2v) is 9.07. The molecule has 2 atom stereocenters. The van der Waals surface area contributed by atoms with Crippen LogP contribution >= 0.6 is 0 Å². The van der Waals surface area contributed by atoms with Crippen molar-refractivity contribution in [2.75, 3.05) is 6.54 Å². The van der Waals surface area contributed by atoms with Crippen LogP contribution in [0.2, 0.25) is 0 Å². The minimum atomic E-state index is -4.88. The molecule has 8 nitrogen and oxygen atoms in total. The second-order valence-electron chi connectivity index (χ2n) is 6.88. The molecule has 0 radical (unpaired) electrons. The summed E-state index contributed by atoms with van der Waals surface area (Å²) in [6.45, 7) is -0.431. The predicted molar refractivity (Wildman–Crippen MR) is 90.8 cm³/mol. The average Bonchev–Trinajstić information content (AvgIpc) is 3.31. The number of benzene rings is 1. The molecule has 0 unspecified atom stereocenters. The largest absolute Gasteiger partial charge is 0.425 e. The van der Waals surface area contributed by atoms with E-state index in [-0.39, 0.29) is 12.8 Å². The van der Waals surface area contributed by atoms with Crippen LogP contribution in [0, 0.1) is 11.3 Å². The third kappa shape index (κ3) is 4.14. The lowest BCUT2D eigenvalue weighted by Crippen LogP contribution is -2.41. The van der Waals surface area contributed by atoms with Crippen LogP contribution in [0.15, 0.2) is 29.2 Å². The van der Waals surface area contributed by atoms with E-state index >= 15 is 0 Å². The lowest BCUT2D eigenvalue weighted by atomic mass is 10.2. The van der Waals surface area contributed by atoms with Crippen molar-refractivity contribution in [3.8, 4) is 6.07 Å². The number of nitriles is 1. The first kappa shape index (κ1) is 20.9. The number of carbonyl (C=O) groups is 2. The molecule has 0 spiro atoms. The molecule has 1 saturated carbocycles. The highest BCUT2D eigenvalue weighted by atomic mass is 32.2. The van der Waals surface area contributed by atoms with Gasteiger partial charge in [0.05, 0.1) is 21.8 Å². The summed E-state index contributed by atoms with van der Waals surface area (Å²) in [7, 11) is -4.48. The summed E-state index contributed by atoms with van der Waals surface area (Å²) in [4.78, 5) is 23.2. The zero-order valence-electron chi connectivity index (χ0n) is 14.8. The van der Waals surface area contributed by atoms with E-state index in [1.54, 1.807) is 0 Å². The molecule has 2 aliphatic rings. The van der Waals surface area contributed by atoms with Crippen LogP contribution in [-0.2, 0) is 25.5 Å². The third-order valence-corrected chi connectivity index (χ3v) is 7.06. The van der Waals surface area contributed by atoms with Crippen molar-refractivity contribution in [3.05, 3.63) is 29.8 Å². The van der Waals surface area contributed by atoms with Crippen molar-refractivity contribution in [2.24, 2.45) is 0 Å². The Bertz CT molecular complexity index is 969. The molecule has 1 aromatic rings. The van der Waals surface area contributed by atoms with Gasteiger partial charge in [-0.25, -0.2) is 13.2 Å². The minimum Gasteiger partial charge on any atom is -0.425 e. The SMILES string of the molecule is N#CC1(NC(=O)O[C@H]2C[C@@H](S(=O)(=O)c3ccccc3C(F)(F)F)CN2C=O)CC1. The normalized spacial score (nSPS) is 23.2. The maximum absolute atomic E-state index is 13.2. The summed E-state index contributed by atoms with van der Waals surface area (Å²) in [5.74, 6) is 0. The highest BCUT2D eigenvalue weighted by Gasteiger charge is 2.48. The van der Waals surface area contributed by atoms with E-state index in [9.17, 15) is 31.2 Å². The number of hydrogen-bond acceptors (Lipinski definition) is 6. The number of likely N-dealkylation sites (tertiary alicyclic amines) is 1. The Balaban J connectivity index is 1.79. The topological polar surface area (TPSA) is 117 Å². The fourth-order valence-corrected chi connectivity index (χ4v) is 5.01. The molecule has 3 rings (SSSR count). The van der Waals surface area contributed by atoms with Crippen molar-refractivity contribution in [3.63, 3.8) is 0 Å². The number of nitrogens with zero attached hydrogens (tertiary/aromatic N) is 2. The quantitative estimate of drug-likeness (QED) is 0.711. The Morgan fingerprint density at radius 1 is 1.34 bits per heavy atom. The molecular weight excluding hydrogens is 415 g/mol. The van der Waals surface area contributed by atoms with Crippen molar-refractivity contribution < 1.29 is 35.9 Å². The van der Waals surface area contributed by atoms with Gasteiger partial charge >= 0.3 is 12.3 Å².